The molecule has 0 aliphatic carbocycles. The highest BCUT2D eigenvalue weighted by atomic mass is 19.1. The van der Waals surface area contributed by atoms with Gasteiger partial charge in [-0.15, -0.1) is 0 Å². The maximum absolute atomic E-state index is 14.0. The van der Waals surface area contributed by atoms with E-state index in [-0.39, 0.29) is 5.56 Å². The molecule has 0 radical (unpaired) electrons. The van der Waals surface area contributed by atoms with Crippen LogP contribution in [-0.4, -0.2) is 11.2 Å². The number of nitrogens with one attached hydrogen (secondary N) is 1. The van der Waals surface area contributed by atoms with Gasteiger partial charge in [-0.3, -0.25) is 5.32 Å². The molecule has 0 fully saturated rings. The zero-order valence-corrected chi connectivity index (χ0v) is 18.7. The number of ether oxygens (including phenoxy) is 1. The molecule has 0 aliphatic heterocycles. The fraction of sp³-hybridized carbons (Fsp3) is 0.148. The van der Waals surface area contributed by atoms with Crippen LogP contribution in [0, 0.1) is 24.1 Å². The minimum atomic E-state index is -0.774. The largest absolute Gasteiger partial charge is 0.441 e. The number of rotatable bonds is 6. The van der Waals surface area contributed by atoms with Crippen LogP contribution in [-0.2, 0) is 11.2 Å². The van der Waals surface area contributed by atoms with E-state index in [4.69, 9.17) is 14.5 Å². The Morgan fingerprint density at radius 2 is 1.68 bits per heavy atom. The lowest BCUT2D eigenvalue weighted by atomic mass is 10.0. The monoisotopic (exact) mass is 455 g/mol. The summed E-state index contributed by atoms with van der Waals surface area (Å²) in [6.45, 7) is 3.31. The van der Waals surface area contributed by atoms with Gasteiger partial charge >= 0.3 is 6.09 Å². The van der Waals surface area contributed by atoms with Crippen LogP contribution in [0.1, 0.15) is 29.8 Å². The fourth-order valence-corrected chi connectivity index (χ4v) is 3.59. The van der Waals surface area contributed by atoms with Gasteiger partial charge in [-0.1, -0.05) is 71.9 Å². The number of nitrogens with zero attached hydrogens (tertiary/aromatic N) is 2. The minimum absolute atomic E-state index is 0.288. The second-order valence-corrected chi connectivity index (χ2v) is 7.78. The van der Waals surface area contributed by atoms with E-state index in [2.05, 4.69) is 16.5 Å². The Morgan fingerprint density at radius 1 is 1.06 bits per heavy atom. The second-order valence-electron chi connectivity index (χ2n) is 7.78. The van der Waals surface area contributed by atoms with Gasteiger partial charge in [0, 0.05) is 11.1 Å². The molecule has 1 unspecified atom stereocenters. The number of anilines is 1. The van der Waals surface area contributed by atoms with Crippen molar-refractivity contribution in [3.05, 3.63) is 95.4 Å². The first-order valence-corrected chi connectivity index (χ1v) is 10.7. The van der Waals surface area contributed by atoms with Crippen LogP contribution in [0.5, 0.6) is 0 Å². The average molecular weight is 455 g/mol. The van der Waals surface area contributed by atoms with Crippen molar-refractivity contribution in [1.29, 1.82) is 5.26 Å². The van der Waals surface area contributed by atoms with Gasteiger partial charge in [-0.05, 0) is 36.6 Å². The van der Waals surface area contributed by atoms with Gasteiger partial charge in [0.25, 0.3) is 0 Å². The molecule has 170 valence electrons. The molecular weight excluding hydrogens is 433 g/mol. The number of nitriles is 1. The summed E-state index contributed by atoms with van der Waals surface area (Å²) in [5.41, 5.74) is 4.87. The molecule has 0 aliphatic rings. The first-order chi connectivity index (χ1) is 16.5. The third-order valence-corrected chi connectivity index (χ3v) is 5.43. The molecule has 0 saturated heterocycles. The van der Waals surface area contributed by atoms with Crippen LogP contribution in [0.25, 0.3) is 22.5 Å². The quantitative estimate of drug-likeness (QED) is 0.344. The van der Waals surface area contributed by atoms with E-state index < -0.39 is 18.0 Å². The molecule has 0 bridgehead atoms. The van der Waals surface area contributed by atoms with Crippen LogP contribution in [0.4, 0.5) is 14.9 Å². The first kappa shape index (κ1) is 22.7. The van der Waals surface area contributed by atoms with Crippen molar-refractivity contribution in [1.82, 2.24) is 5.16 Å². The number of carbonyl (C=O) groups is 1. The van der Waals surface area contributed by atoms with Crippen molar-refractivity contribution in [2.75, 3.05) is 5.32 Å². The Labute approximate surface area is 196 Å². The van der Waals surface area contributed by atoms with E-state index in [0.29, 0.717) is 23.6 Å². The third kappa shape index (κ3) is 4.97. The third-order valence-electron chi connectivity index (χ3n) is 5.43. The van der Waals surface area contributed by atoms with E-state index in [1.807, 2.05) is 48.5 Å². The standard InChI is InChI=1S/C27H22FN3O3/c1-17-25(30-27(32)33-18(2)23-5-3-4-6-24(23)28)26(34-31-17)22-13-11-21(12-14-22)20-9-7-19(8-10-20)15-16-29/h3-14,18H,15H2,1-2H3,(H,30,32). The van der Waals surface area contributed by atoms with Gasteiger partial charge < -0.3 is 9.26 Å². The minimum Gasteiger partial charge on any atom is -0.441 e. The number of amides is 1. The molecule has 0 spiro atoms. The Kier molecular flexibility index (Phi) is 6.69. The highest BCUT2D eigenvalue weighted by Gasteiger charge is 2.21. The van der Waals surface area contributed by atoms with Gasteiger partial charge in [-0.2, -0.15) is 5.26 Å². The van der Waals surface area contributed by atoms with Crippen molar-refractivity contribution in [3.63, 3.8) is 0 Å². The molecule has 1 heterocycles. The van der Waals surface area contributed by atoms with E-state index >= 15 is 0 Å². The summed E-state index contributed by atoms with van der Waals surface area (Å²) in [7, 11) is 0. The number of benzene rings is 3. The number of carbonyl (C=O) groups excluding carboxylic acids is 1. The van der Waals surface area contributed by atoms with Gasteiger partial charge in [0.1, 0.15) is 23.3 Å². The summed E-state index contributed by atoms with van der Waals surface area (Å²) >= 11 is 0. The lowest BCUT2D eigenvalue weighted by Gasteiger charge is -2.15. The smallest absolute Gasteiger partial charge is 0.412 e. The lowest BCUT2D eigenvalue weighted by molar-refractivity contribution is 0.119. The summed E-state index contributed by atoms with van der Waals surface area (Å²) in [6.07, 6.45) is -1.14. The van der Waals surface area contributed by atoms with Gasteiger partial charge in [0.2, 0.25) is 0 Å². The lowest BCUT2D eigenvalue weighted by Crippen LogP contribution is -2.17. The molecule has 6 nitrogen and oxygen atoms in total. The maximum Gasteiger partial charge on any atom is 0.412 e. The molecule has 1 atom stereocenters. The van der Waals surface area contributed by atoms with Crippen LogP contribution in [0.15, 0.2) is 77.3 Å². The summed E-state index contributed by atoms with van der Waals surface area (Å²) < 4.78 is 24.8. The molecule has 34 heavy (non-hydrogen) atoms. The van der Waals surface area contributed by atoms with E-state index in [1.165, 1.54) is 6.07 Å². The van der Waals surface area contributed by atoms with Crippen LogP contribution >= 0.6 is 0 Å². The van der Waals surface area contributed by atoms with Crippen molar-refractivity contribution >= 4 is 11.8 Å². The molecule has 1 N–H and O–H groups in total. The average Bonchev–Trinajstić information content (AvgIpc) is 3.20. The topological polar surface area (TPSA) is 88.2 Å². The summed E-state index contributed by atoms with van der Waals surface area (Å²) in [6, 6.07) is 23.7. The Balaban J connectivity index is 1.49. The van der Waals surface area contributed by atoms with Crippen molar-refractivity contribution in [2.45, 2.75) is 26.4 Å². The summed E-state index contributed by atoms with van der Waals surface area (Å²) in [5.74, 6) is -0.0478. The normalized spacial score (nSPS) is 11.5. The van der Waals surface area contributed by atoms with Gasteiger partial charge in [0.15, 0.2) is 5.76 Å². The Hall–Kier alpha value is -4.44. The molecule has 1 amide bonds. The molecule has 4 aromatic rings. The molecule has 3 aromatic carbocycles. The van der Waals surface area contributed by atoms with Crippen molar-refractivity contribution < 1.29 is 18.4 Å². The summed E-state index contributed by atoms with van der Waals surface area (Å²) in [4.78, 5) is 12.5. The first-order valence-electron chi connectivity index (χ1n) is 10.7. The van der Waals surface area contributed by atoms with Crippen molar-refractivity contribution in [2.24, 2.45) is 0 Å². The highest BCUT2D eigenvalue weighted by molar-refractivity contribution is 5.91. The van der Waals surface area contributed by atoms with E-state index in [1.54, 1.807) is 32.0 Å². The molecule has 4 rings (SSSR count). The highest BCUT2D eigenvalue weighted by Crippen LogP contribution is 2.33. The van der Waals surface area contributed by atoms with Gasteiger partial charge in [-0.25, -0.2) is 9.18 Å². The Morgan fingerprint density at radius 3 is 2.32 bits per heavy atom. The number of hydrogen-bond acceptors (Lipinski definition) is 5. The number of aryl methyl sites for hydroxylation is 1. The molecule has 1 aromatic heterocycles. The van der Waals surface area contributed by atoms with E-state index in [9.17, 15) is 9.18 Å². The number of hydrogen-bond donors (Lipinski definition) is 1. The SMILES string of the molecule is Cc1noc(-c2ccc(-c3ccc(CC#N)cc3)cc2)c1NC(=O)OC(C)c1ccccc1F. The number of aromatic nitrogens is 1. The second kappa shape index (κ2) is 10.0. The molecule has 7 heteroatoms. The van der Waals surface area contributed by atoms with E-state index in [0.717, 1.165) is 22.3 Å². The van der Waals surface area contributed by atoms with Crippen LogP contribution in [0.3, 0.4) is 0 Å². The van der Waals surface area contributed by atoms with Crippen LogP contribution in [0.2, 0.25) is 0 Å². The predicted octanol–water partition coefficient (Wildman–Crippen LogP) is 6.83. The van der Waals surface area contributed by atoms with Crippen molar-refractivity contribution in [3.8, 4) is 28.5 Å². The number of halogens is 1. The predicted molar refractivity (Wildman–Crippen MR) is 126 cm³/mol. The summed E-state index contributed by atoms with van der Waals surface area (Å²) in [5, 5.41) is 15.5. The zero-order valence-electron chi connectivity index (χ0n) is 18.7. The van der Waals surface area contributed by atoms with Crippen LogP contribution < -0.4 is 5.32 Å². The maximum atomic E-state index is 14.0. The zero-order chi connectivity index (χ0) is 24.1. The fourth-order valence-electron chi connectivity index (χ4n) is 3.59. The molecular formula is C27H22FN3O3. The molecule has 0 saturated carbocycles. The Bertz CT molecular complexity index is 1340. The van der Waals surface area contributed by atoms with Gasteiger partial charge in [0.05, 0.1) is 12.5 Å².